The molecule has 0 unspecified atom stereocenters. The first kappa shape index (κ1) is 13.1. The van der Waals surface area contributed by atoms with Crippen LogP contribution in [-0.4, -0.2) is 16.1 Å². The topological polar surface area (TPSA) is 0 Å². The number of allylic oxidation sites excluding steroid dienone is 6. The molecule has 0 spiro atoms. The highest BCUT2D eigenvalue weighted by atomic mass is 28.4. The molecule has 0 aliphatic heterocycles. The molecule has 0 aromatic carbocycles. The van der Waals surface area contributed by atoms with Gasteiger partial charge in [0.15, 0.2) is 0 Å². The lowest BCUT2D eigenvalue weighted by Gasteiger charge is -2.52. The van der Waals surface area contributed by atoms with Crippen molar-refractivity contribution in [2.45, 2.75) is 56.8 Å². The smallest absolute Gasteiger partial charge is 0.0524 e. The molecule has 0 N–H and O–H groups in total. The molecule has 2 rings (SSSR count). The lowest BCUT2D eigenvalue weighted by molar-refractivity contribution is 0.793. The van der Waals surface area contributed by atoms with Gasteiger partial charge in [-0.1, -0.05) is 69.2 Å². The van der Waals surface area contributed by atoms with Crippen LogP contribution in [0.25, 0.3) is 0 Å². The van der Waals surface area contributed by atoms with Gasteiger partial charge in [-0.25, -0.2) is 0 Å². The molecule has 0 amide bonds. The third-order valence-corrected chi connectivity index (χ3v) is 15.3. The molecule has 0 saturated heterocycles. The highest BCUT2D eigenvalue weighted by molar-refractivity contribution is 6.99. The number of rotatable bonds is 2. The highest BCUT2D eigenvalue weighted by Gasteiger charge is 2.51. The minimum Gasteiger partial charge on any atom is -0.0828 e. The molecule has 0 fully saturated rings. The van der Waals surface area contributed by atoms with E-state index in [0.29, 0.717) is 4.66 Å². The fraction of sp³-hybridized carbons (Fsp3) is 0.600. The van der Waals surface area contributed by atoms with Crippen molar-refractivity contribution in [3.8, 4) is 0 Å². The standard InChI is InChI=1S/C15H26Si2/c1-16(2,3)15(17(4,5)6)11-10-13-8-7-9-14(13)12-15/h7-8,10-11H,9,12H2,1-6H3. The summed E-state index contributed by atoms with van der Waals surface area (Å²) >= 11 is 0. The van der Waals surface area contributed by atoms with Crippen molar-refractivity contribution >= 4 is 16.1 Å². The van der Waals surface area contributed by atoms with Crippen LogP contribution in [0.2, 0.25) is 43.9 Å². The molecule has 0 saturated carbocycles. The van der Waals surface area contributed by atoms with Gasteiger partial charge in [0.1, 0.15) is 0 Å². The molecule has 2 aliphatic rings. The lowest BCUT2D eigenvalue weighted by atomic mass is 9.98. The predicted octanol–water partition coefficient (Wildman–Crippen LogP) is 5.16. The number of hydrogen-bond acceptors (Lipinski definition) is 0. The van der Waals surface area contributed by atoms with Crippen LogP contribution < -0.4 is 0 Å². The van der Waals surface area contributed by atoms with Crippen molar-refractivity contribution in [3.63, 3.8) is 0 Å². The summed E-state index contributed by atoms with van der Waals surface area (Å²) in [4.78, 5) is 0. The molecule has 0 aromatic heterocycles. The van der Waals surface area contributed by atoms with E-state index < -0.39 is 16.1 Å². The average Bonchev–Trinajstić information content (AvgIpc) is 2.59. The number of hydrogen-bond donors (Lipinski definition) is 0. The minimum absolute atomic E-state index is 0.546. The van der Waals surface area contributed by atoms with Crippen molar-refractivity contribution in [3.05, 3.63) is 35.5 Å². The summed E-state index contributed by atoms with van der Waals surface area (Å²) in [6.07, 6.45) is 12.2. The second-order valence-electron chi connectivity index (χ2n) is 7.65. The molecule has 0 aromatic rings. The van der Waals surface area contributed by atoms with Crippen LogP contribution in [0.4, 0.5) is 0 Å². The Hall–Kier alpha value is -0.346. The van der Waals surface area contributed by atoms with E-state index in [0.717, 1.165) is 0 Å². The molecule has 0 nitrogen and oxygen atoms in total. The zero-order chi connectivity index (χ0) is 12.9. The summed E-state index contributed by atoms with van der Waals surface area (Å²) < 4.78 is 0.546. The molecule has 2 heteroatoms. The Labute approximate surface area is 109 Å². The average molecular weight is 263 g/mol. The van der Waals surface area contributed by atoms with Gasteiger partial charge in [-0.2, -0.15) is 0 Å². The van der Waals surface area contributed by atoms with Gasteiger partial charge in [0.25, 0.3) is 0 Å². The maximum atomic E-state index is 2.61. The predicted molar refractivity (Wildman–Crippen MR) is 83.9 cm³/mol. The molecule has 0 atom stereocenters. The van der Waals surface area contributed by atoms with Crippen LogP contribution in [0.3, 0.4) is 0 Å². The molecule has 0 bridgehead atoms. The van der Waals surface area contributed by atoms with E-state index in [1.165, 1.54) is 18.4 Å². The zero-order valence-electron chi connectivity index (χ0n) is 12.2. The zero-order valence-corrected chi connectivity index (χ0v) is 14.2. The maximum Gasteiger partial charge on any atom is 0.0524 e. The van der Waals surface area contributed by atoms with Crippen LogP contribution >= 0.6 is 0 Å². The minimum atomic E-state index is -1.19. The summed E-state index contributed by atoms with van der Waals surface area (Å²) in [5.41, 5.74) is 3.22. The van der Waals surface area contributed by atoms with E-state index in [2.05, 4.69) is 63.6 Å². The maximum absolute atomic E-state index is 2.61. The summed E-state index contributed by atoms with van der Waals surface area (Å²) in [6.45, 7) is 15.4. The van der Waals surface area contributed by atoms with Crippen LogP contribution in [0, 0.1) is 0 Å². The largest absolute Gasteiger partial charge is 0.0828 e. The monoisotopic (exact) mass is 262 g/mol. The Morgan fingerprint density at radius 3 is 2.06 bits per heavy atom. The van der Waals surface area contributed by atoms with Gasteiger partial charge in [0, 0.05) is 0 Å². The first-order valence-electron chi connectivity index (χ1n) is 6.75. The summed E-state index contributed by atoms with van der Waals surface area (Å²) in [5, 5.41) is 0. The van der Waals surface area contributed by atoms with E-state index in [1.54, 1.807) is 5.57 Å². The lowest BCUT2D eigenvalue weighted by Crippen LogP contribution is -2.54. The third-order valence-electron chi connectivity index (χ3n) is 4.79. The van der Waals surface area contributed by atoms with E-state index in [-0.39, 0.29) is 0 Å². The Morgan fingerprint density at radius 2 is 1.53 bits per heavy atom. The van der Waals surface area contributed by atoms with Crippen molar-refractivity contribution in [1.29, 1.82) is 0 Å². The van der Waals surface area contributed by atoms with E-state index in [1.807, 2.05) is 0 Å². The molecular weight excluding hydrogens is 236 g/mol. The fourth-order valence-corrected chi connectivity index (χ4v) is 15.3. The SMILES string of the molecule is C[Si](C)(C)C1([Si](C)(C)C)C=CC2=C(CC=C2)C1. The first-order chi connectivity index (χ1) is 7.67. The van der Waals surface area contributed by atoms with Gasteiger partial charge in [-0.3, -0.25) is 0 Å². The van der Waals surface area contributed by atoms with E-state index in [9.17, 15) is 0 Å². The molecule has 94 valence electrons. The summed E-state index contributed by atoms with van der Waals surface area (Å²) in [6, 6.07) is 0. The van der Waals surface area contributed by atoms with Crippen molar-refractivity contribution in [1.82, 2.24) is 0 Å². The Kier molecular flexibility index (Phi) is 2.94. The highest BCUT2D eigenvalue weighted by Crippen LogP contribution is 2.56. The molecular formula is C15H26Si2. The molecule has 0 heterocycles. The summed E-state index contributed by atoms with van der Waals surface area (Å²) in [7, 11) is -2.38. The quantitative estimate of drug-likeness (QED) is 0.603. The van der Waals surface area contributed by atoms with Crippen LogP contribution in [0.1, 0.15) is 12.8 Å². The molecule has 2 aliphatic carbocycles. The van der Waals surface area contributed by atoms with Gasteiger partial charge >= 0.3 is 0 Å². The Balaban J connectivity index is 2.45. The second kappa shape index (κ2) is 3.82. The van der Waals surface area contributed by atoms with Gasteiger partial charge in [-0.15, -0.1) is 0 Å². The summed E-state index contributed by atoms with van der Waals surface area (Å²) in [5.74, 6) is 0. The molecule has 0 radical (unpaired) electrons. The fourth-order valence-electron chi connectivity index (χ4n) is 3.69. The van der Waals surface area contributed by atoms with Crippen molar-refractivity contribution in [2.24, 2.45) is 0 Å². The van der Waals surface area contributed by atoms with Crippen LogP contribution in [0.15, 0.2) is 35.5 Å². The van der Waals surface area contributed by atoms with Crippen molar-refractivity contribution in [2.75, 3.05) is 0 Å². The second-order valence-corrected chi connectivity index (χ2v) is 18.9. The van der Waals surface area contributed by atoms with Gasteiger partial charge in [-0.05, 0) is 23.1 Å². The van der Waals surface area contributed by atoms with Gasteiger partial charge < -0.3 is 0 Å². The van der Waals surface area contributed by atoms with Crippen LogP contribution in [-0.2, 0) is 0 Å². The van der Waals surface area contributed by atoms with Gasteiger partial charge in [0.2, 0.25) is 0 Å². The molecule has 17 heavy (non-hydrogen) atoms. The Bertz CT molecular complexity index is 397. The van der Waals surface area contributed by atoms with E-state index in [4.69, 9.17) is 0 Å². The third kappa shape index (κ3) is 1.95. The first-order valence-corrected chi connectivity index (χ1v) is 13.8. The van der Waals surface area contributed by atoms with Crippen LogP contribution in [0.5, 0.6) is 0 Å². The van der Waals surface area contributed by atoms with E-state index >= 15 is 0 Å². The Morgan fingerprint density at radius 1 is 0.941 bits per heavy atom. The van der Waals surface area contributed by atoms with Gasteiger partial charge in [0.05, 0.1) is 16.1 Å². The normalized spacial score (nSPS) is 23.2. The van der Waals surface area contributed by atoms with Crippen molar-refractivity contribution < 1.29 is 0 Å².